The highest BCUT2D eigenvalue weighted by Crippen LogP contribution is 2.21. The molecule has 1 aliphatic carbocycles. The Balaban J connectivity index is 1.98. The van der Waals surface area contributed by atoms with Crippen LogP contribution in [0.15, 0.2) is 29.8 Å². The molecular weight excluding hydrogens is 330 g/mol. The van der Waals surface area contributed by atoms with E-state index in [0.717, 1.165) is 18.4 Å². The van der Waals surface area contributed by atoms with Gasteiger partial charge < -0.3 is 20.7 Å². The molecule has 0 spiro atoms. The molecule has 3 amide bonds. The van der Waals surface area contributed by atoms with Crippen LogP contribution in [0, 0.1) is 6.92 Å². The predicted molar refractivity (Wildman–Crippen MR) is 104 cm³/mol. The Labute approximate surface area is 155 Å². The summed E-state index contributed by atoms with van der Waals surface area (Å²) in [7, 11) is 1.59. The highest BCUT2D eigenvalue weighted by Gasteiger charge is 2.16. The lowest BCUT2D eigenvalue weighted by molar-refractivity contribution is 0.0936. The van der Waals surface area contributed by atoms with Gasteiger partial charge in [0.15, 0.2) is 0 Å². The number of urea groups is 1. The van der Waals surface area contributed by atoms with Crippen LogP contribution in [0.25, 0.3) is 0 Å². The quantitative estimate of drug-likeness (QED) is 0.516. The van der Waals surface area contributed by atoms with E-state index in [4.69, 9.17) is 4.74 Å². The highest BCUT2D eigenvalue weighted by atomic mass is 16.5. The largest absolute Gasteiger partial charge is 0.383 e. The summed E-state index contributed by atoms with van der Waals surface area (Å²) in [5.41, 5.74) is 3.20. The van der Waals surface area contributed by atoms with Gasteiger partial charge in [0.05, 0.1) is 6.61 Å². The van der Waals surface area contributed by atoms with Gasteiger partial charge in [0.2, 0.25) is 0 Å². The maximum Gasteiger partial charge on any atom is 0.319 e. The average molecular weight is 359 g/mol. The molecule has 26 heavy (non-hydrogen) atoms. The Morgan fingerprint density at radius 2 is 2.08 bits per heavy atom. The van der Waals surface area contributed by atoms with Crippen molar-refractivity contribution in [2.75, 3.05) is 25.6 Å². The van der Waals surface area contributed by atoms with Gasteiger partial charge in [-0.3, -0.25) is 4.79 Å². The fourth-order valence-electron chi connectivity index (χ4n) is 3.08. The number of carbonyl (C=O) groups is 2. The van der Waals surface area contributed by atoms with Gasteiger partial charge in [-0.2, -0.15) is 0 Å². The van der Waals surface area contributed by atoms with Crippen molar-refractivity contribution in [2.24, 2.45) is 0 Å². The molecule has 3 N–H and O–H groups in total. The SMILES string of the molecule is COCCNC(=O)c1cccc(NC(=O)NC(C)C2=CCCCC2)c1C. The number of amides is 3. The van der Waals surface area contributed by atoms with Crippen molar-refractivity contribution in [3.05, 3.63) is 41.0 Å². The lowest BCUT2D eigenvalue weighted by Gasteiger charge is -2.21. The topological polar surface area (TPSA) is 79.5 Å². The van der Waals surface area contributed by atoms with Crippen molar-refractivity contribution in [3.63, 3.8) is 0 Å². The number of anilines is 1. The van der Waals surface area contributed by atoms with Crippen molar-refractivity contribution in [1.29, 1.82) is 0 Å². The smallest absolute Gasteiger partial charge is 0.319 e. The standard InChI is InChI=1S/C20H29N3O3/c1-14-17(19(24)21-12-13-26-3)10-7-11-18(14)23-20(25)22-15(2)16-8-5-4-6-9-16/h7-8,10-11,15H,4-6,9,12-13H2,1-3H3,(H,21,24)(H2,22,23,25). The van der Waals surface area contributed by atoms with Crippen LogP contribution in [0.2, 0.25) is 0 Å². The van der Waals surface area contributed by atoms with Crippen LogP contribution in [-0.2, 0) is 4.74 Å². The van der Waals surface area contributed by atoms with Gasteiger partial charge in [0.1, 0.15) is 0 Å². The van der Waals surface area contributed by atoms with Gasteiger partial charge in [0.25, 0.3) is 5.91 Å². The molecule has 0 aliphatic heterocycles. The van der Waals surface area contributed by atoms with Crippen LogP contribution in [0.4, 0.5) is 10.5 Å². The first-order chi connectivity index (χ1) is 12.5. The second kappa shape index (κ2) is 9.97. The Kier molecular flexibility index (Phi) is 7.66. The summed E-state index contributed by atoms with van der Waals surface area (Å²) < 4.78 is 4.94. The molecule has 0 saturated carbocycles. The van der Waals surface area contributed by atoms with E-state index < -0.39 is 0 Å². The summed E-state index contributed by atoms with van der Waals surface area (Å²) in [6.07, 6.45) is 6.75. The van der Waals surface area contributed by atoms with Crippen LogP contribution < -0.4 is 16.0 Å². The molecule has 0 aromatic heterocycles. The second-order valence-corrected chi connectivity index (χ2v) is 6.57. The van der Waals surface area contributed by atoms with Crippen molar-refractivity contribution in [3.8, 4) is 0 Å². The lowest BCUT2D eigenvalue weighted by atomic mass is 9.95. The fraction of sp³-hybridized carbons (Fsp3) is 0.500. The van der Waals surface area contributed by atoms with E-state index in [1.165, 1.54) is 18.4 Å². The molecule has 142 valence electrons. The Bertz CT molecular complexity index is 670. The van der Waals surface area contributed by atoms with Crippen LogP contribution >= 0.6 is 0 Å². The average Bonchev–Trinajstić information content (AvgIpc) is 2.64. The minimum atomic E-state index is -0.260. The maximum absolute atomic E-state index is 12.3. The molecule has 0 bridgehead atoms. The number of allylic oxidation sites excluding steroid dienone is 1. The first-order valence-electron chi connectivity index (χ1n) is 9.16. The van der Waals surface area contributed by atoms with Gasteiger partial charge >= 0.3 is 6.03 Å². The summed E-state index contributed by atoms with van der Waals surface area (Å²) >= 11 is 0. The Morgan fingerprint density at radius 3 is 2.77 bits per heavy atom. The van der Waals surface area contributed by atoms with E-state index in [1.54, 1.807) is 25.3 Å². The number of ether oxygens (including phenoxy) is 1. The van der Waals surface area contributed by atoms with E-state index in [9.17, 15) is 9.59 Å². The number of carbonyl (C=O) groups excluding carboxylic acids is 2. The highest BCUT2D eigenvalue weighted by molar-refractivity contribution is 5.99. The predicted octanol–water partition coefficient (Wildman–Crippen LogP) is 3.38. The van der Waals surface area contributed by atoms with E-state index in [1.807, 2.05) is 13.8 Å². The van der Waals surface area contributed by atoms with Gasteiger partial charge in [-0.25, -0.2) is 4.79 Å². The number of methoxy groups -OCH3 is 1. The van der Waals surface area contributed by atoms with Gasteiger partial charge in [-0.1, -0.05) is 17.7 Å². The second-order valence-electron chi connectivity index (χ2n) is 6.57. The summed E-state index contributed by atoms with van der Waals surface area (Å²) in [6, 6.07) is 5.06. The molecule has 1 aromatic rings. The number of hydrogen-bond acceptors (Lipinski definition) is 3. The number of hydrogen-bond donors (Lipinski definition) is 3. The van der Waals surface area contributed by atoms with Gasteiger partial charge in [0, 0.05) is 30.9 Å². The molecule has 6 nitrogen and oxygen atoms in total. The number of nitrogens with one attached hydrogen (secondary N) is 3. The summed E-state index contributed by atoms with van der Waals surface area (Å²) in [5, 5.41) is 8.64. The molecule has 1 aliphatic rings. The minimum absolute atomic E-state index is 0.0103. The van der Waals surface area contributed by atoms with Crippen molar-refractivity contribution >= 4 is 17.6 Å². The summed E-state index contributed by atoms with van der Waals surface area (Å²) in [4.78, 5) is 24.6. The van der Waals surface area contributed by atoms with E-state index in [0.29, 0.717) is 24.4 Å². The molecule has 0 saturated heterocycles. The zero-order valence-corrected chi connectivity index (χ0v) is 15.9. The molecule has 0 fully saturated rings. The first-order valence-corrected chi connectivity index (χ1v) is 9.16. The Morgan fingerprint density at radius 1 is 1.27 bits per heavy atom. The lowest BCUT2D eigenvalue weighted by Crippen LogP contribution is -2.37. The van der Waals surface area contributed by atoms with Crippen molar-refractivity contribution in [1.82, 2.24) is 10.6 Å². The fourth-order valence-corrected chi connectivity index (χ4v) is 3.08. The Hall–Kier alpha value is -2.34. The van der Waals surface area contributed by atoms with Crippen LogP contribution in [-0.4, -0.2) is 38.2 Å². The molecule has 1 unspecified atom stereocenters. The third-order valence-corrected chi connectivity index (χ3v) is 4.65. The molecule has 0 heterocycles. The first kappa shape index (κ1) is 20.0. The van der Waals surface area contributed by atoms with Crippen molar-refractivity contribution in [2.45, 2.75) is 45.6 Å². The zero-order chi connectivity index (χ0) is 18.9. The van der Waals surface area contributed by atoms with Crippen LogP contribution in [0.1, 0.15) is 48.5 Å². The van der Waals surface area contributed by atoms with Crippen molar-refractivity contribution < 1.29 is 14.3 Å². The molecule has 1 aromatic carbocycles. The third-order valence-electron chi connectivity index (χ3n) is 4.65. The van der Waals surface area contributed by atoms with Gasteiger partial charge in [-0.05, 0) is 57.2 Å². The van der Waals surface area contributed by atoms with Crippen LogP contribution in [0.3, 0.4) is 0 Å². The van der Waals surface area contributed by atoms with E-state index in [-0.39, 0.29) is 18.0 Å². The number of benzene rings is 1. The maximum atomic E-state index is 12.3. The molecule has 1 atom stereocenters. The molecule has 2 rings (SSSR count). The normalized spacial score (nSPS) is 15.0. The van der Waals surface area contributed by atoms with Crippen LogP contribution in [0.5, 0.6) is 0 Å². The summed E-state index contributed by atoms with van der Waals surface area (Å²) in [5.74, 6) is -0.177. The molecule has 0 radical (unpaired) electrons. The van der Waals surface area contributed by atoms with E-state index in [2.05, 4.69) is 22.0 Å². The van der Waals surface area contributed by atoms with Gasteiger partial charge in [-0.15, -0.1) is 0 Å². The minimum Gasteiger partial charge on any atom is -0.383 e. The third kappa shape index (κ3) is 5.59. The zero-order valence-electron chi connectivity index (χ0n) is 15.9. The monoisotopic (exact) mass is 359 g/mol. The molecular formula is C20H29N3O3. The number of rotatable bonds is 7. The van der Waals surface area contributed by atoms with E-state index >= 15 is 0 Å². The molecule has 6 heteroatoms. The summed E-state index contributed by atoms with van der Waals surface area (Å²) in [6.45, 7) is 4.73.